The highest BCUT2D eigenvalue weighted by Gasteiger charge is 2.24. The van der Waals surface area contributed by atoms with E-state index in [1.165, 1.54) is 19.3 Å². The molecule has 132 valence electrons. The SMILES string of the molecule is O=C(NCC(O)c1ccncc1)NC(CC1CCC1)c1ccccc1. The van der Waals surface area contributed by atoms with E-state index in [2.05, 4.69) is 27.8 Å². The number of nitrogens with one attached hydrogen (secondary N) is 2. The molecule has 3 rings (SSSR count). The highest BCUT2D eigenvalue weighted by molar-refractivity contribution is 5.74. The molecule has 1 aromatic carbocycles. The molecule has 0 bridgehead atoms. The minimum Gasteiger partial charge on any atom is -0.387 e. The van der Waals surface area contributed by atoms with Gasteiger partial charge in [0.2, 0.25) is 0 Å². The fourth-order valence-electron chi connectivity index (χ4n) is 3.13. The fraction of sp³-hybridized carbons (Fsp3) is 0.400. The topological polar surface area (TPSA) is 74.2 Å². The van der Waals surface area contributed by atoms with Gasteiger partial charge in [0.05, 0.1) is 12.1 Å². The summed E-state index contributed by atoms with van der Waals surface area (Å²) in [5.74, 6) is 0.688. The van der Waals surface area contributed by atoms with E-state index in [1.54, 1.807) is 24.5 Å². The Morgan fingerprint density at radius 2 is 1.84 bits per heavy atom. The molecule has 0 saturated heterocycles. The number of aliphatic hydroxyl groups excluding tert-OH is 1. The maximum atomic E-state index is 12.3. The molecule has 0 spiro atoms. The minimum absolute atomic E-state index is 0.00423. The third-order valence-corrected chi connectivity index (χ3v) is 4.85. The molecule has 1 saturated carbocycles. The first-order valence-corrected chi connectivity index (χ1v) is 8.89. The predicted molar refractivity (Wildman–Crippen MR) is 96.9 cm³/mol. The van der Waals surface area contributed by atoms with Crippen LogP contribution in [-0.4, -0.2) is 22.7 Å². The third kappa shape index (κ3) is 5.03. The molecular weight excluding hydrogens is 314 g/mol. The van der Waals surface area contributed by atoms with Crippen molar-refractivity contribution in [3.05, 3.63) is 66.0 Å². The Labute approximate surface area is 148 Å². The number of amides is 2. The van der Waals surface area contributed by atoms with Crippen molar-refractivity contribution in [2.24, 2.45) is 5.92 Å². The maximum absolute atomic E-state index is 12.3. The van der Waals surface area contributed by atoms with Gasteiger partial charge in [0, 0.05) is 18.9 Å². The van der Waals surface area contributed by atoms with Gasteiger partial charge in [-0.05, 0) is 35.6 Å². The van der Waals surface area contributed by atoms with Gasteiger partial charge in [0.1, 0.15) is 0 Å². The van der Waals surface area contributed by atoms with Gasteiger partial charge in [-0.2, -0.15) is 0 Å². The van der Waals surface area contributed by atoms with Crippen molar-refractivity contribution in [3.63, 3.8) is 0 Å². The Bertz CT molecular complexity index is 659. The van der Waals surface area contributed by atoms with Crippen molar-refractivity contribution in [2.45, 2.75) is 37.8 Å². The number of urea groups is 1. The number of hydrogen-bond acceptors (Lipinski definition) is 3. The number of carbonyl (C=O) groups is 1. The first-order valence-electron chi connectivity index (χ1n) is 8.89. The number of aromatic nitrogens is 1. The van der Waals surface area contributed by atoms with Crippen LogP contribution in [0.25, 0.3) is 0 Å². The number of aliphatic hydroxyl groups is 1. The highest BCUT2D eigenvalue weighted by atomic mass is 16.3. The van der Waals surface area contributed by atoms with Crippen molar-refractivity contribution in [2.75, 3.05) is 6.54 Å². The van der Waals surface area contributed by atoms with Gasteiger partial charge >= 0.3 is 6.03 Å². The van der Waals surface area contributed by atoms with E-state index >= 15 is 0 Å². The van der Waals surface area contributed by atoms with Crippen LogP contribution < -0.4 is 10.6 Å². The zero-order chi connectivity index (χ0) is 17.5. The number of rotatable bonds is 7. The zero-order valence-corrected chi connectivity index (χ0v) is 14.3. The van der Waals surface area contributed by atoms with E-state index in [-0.39, 0.29) is 18.6 Å². The quantitative estimate of drug-likeness (QED) is 0.724. The summed E-state index contributed by atoms with van der Waals surface area (Å²) in [5, 5.41) is 16.0. The lowest BCUT2D eigenvalue weighted by atomic mass is 9.79. The number of hydrogen-bond donors (Lipinski definition) is 3. The Morgan fingerprint density at radius 1 is 1.12 bits per heavy atom. The number of benzene rings is 1. The zero-order valence-electron chi connectivity index (χ0n) is 14.3. The van der Waals surface area contributed by atoms with Gasteiger partial charge in [-0.25, -0.2) is 4.79 Å². The van der Waals surface area contributed by atoms with Crippen LogP contribution in [0.15, 0.2) is 54.9 Å². The number of carbonyl (C=O) groups excluding carboxylic acids is 1. The molecule has 1 aliphatic rings. The predicted octanol–water partition coefficient (Wildman–Crippen LogP) is 3.35. The maximum Gasteiger partial charge on any atom is 0.315 e. The lowest BCUT2D eigenvalue weighted by molar-refractivity contribution is 0.171. The molecule has 1 fully saturated rings. The Morgan fingerprint density at radius 3 is 2.48 bits per heavy atom. The molecule has 2 unspecified atom stereocenters. The van der Waals surface area contributed by atoms with Crippen LogP contribution in [0.2, 0.25) is 0 Å². The molecule has 0 radical (unpaired) electrons. The first kappa shape index (κ1) is 17.4. The molecule has 1 heterocycles. The summed E-state index contributed by atoms with van der Waals surface area (Å²) in [4.78, 5) is 16.2. The molecular formula is C20H25N3O2. The van der Waals surface area contributed by atoms with Crippen LogP contribution in [0.5, 0.6) is 0 Å². The summed E-state index contributed by atoms with van der Waals surface area (Å²) >= 11 is 0. The van der Waals surface area contributed by atoms with Crippen molar-refractivity contribution in [1.82, 2.24) is 15.6 Å². The largest absolute Gasteiger partial charge is 0.387 e. The van der Waals surface area contributed by atoms with Crippen LogP contribution in [0.3, 0.4) is 0 Å². The molecule has 2 amide bonds. The Balaban J connectivity index is 1.54. The summed E-state index contributed by atoms with van der Waals surface area (Å²) in [6.45, 7) is 0.167. The van der Waals surface area contributed by atoms with Gasteiger partial charge in [-0.15, -0.1) is 0 Å². The van der Waals surface area contributed by atoms with Gasteiger partial charge in [-0.1, -0.05) is 49.6 Å². The second-order valence-corrected chi connectivity index (χ2v) is 6.65. The van der Waals surface area contributed by atoms with E-state index in [4.69, 9.17) is 0 Å². The molecule has 5 nitrogen and oxygen atoms in total. The normalized spacial score (nSPS) is 16.5. The summed E-state index contributed by atoms with van der Waals surface area (Å²) in [5.41, 5.74) is 1.86. The fourth-order valence-corrected chi connectivity index (χ4v) is 3.13. The standard InChI is InChI=1S/C20H25N3O2/c24-19(17-9-11-21-12-10-17)14-22-20(25)23-18(13-15-5-4-6-15)16-7-2-1-3-8-16/h1-3,7-12,15,18-19,24H,4-6,13-14H2,(H2,22,23,25). The monoisotopic (exact) mass is 339 g/mol. The average molecular weight is 339 g/mol. The summed E-state index contributed by atoms with van der Waals surface area (Å²) in [7, 11) is 0. The van der Waals surface area contributed by atoms with Crippen LogP contribution in [-0.2, 0) is 0 Å². The van der Waals surface area contributed by atoms with Crippen molar-refractivity contribution in [3.8, 4) is 0 Å². The molecule has 0 aliphatic heterocycles. The number of pyridine rings is 1. The molecule has 3 N–H and O–H groups in total. The average Bonchev–Trinajstić information content (AvgIpc) is 2.63. The molecule has 1 aliphatic carbocycles. The van der Waals surface area contributed by atoms with E-state index in [9.17, 15) is 9.90 Å². The second kappa shape index (κ2) is 8.62. The molecule has 1 aromatic heterocycles. The van der Waals surface area contributed by atoms with Gasteiger partial charge in [-0.3, -0.25) is 4.98 Å². The lowest BCUT2D eigenvalue weighted by Gasteiger charge is -2.30. The van der Waals surface area contributed by atoms with Gasteiger partial charge in [0.15, 0.2) is 0 Å². The van der Waals surface area contributed by atoms with E-state index in [0.29, 0.717) is 5.92 Å². The van der Waals surface area contributed by atoms with Crippen LogP contribution in [0.4, 0.5) is 4.79 Å². The van der Waals surface area contributed by atoms with E-state index in [0.717, 1.165) is 17.5 Å². The van der Waals surface area contributed by atoms with E-state index in [1.807, 2.05) is 18.2 Å². The van der Waals surface area contributed by atoms with Gasteiger partial charge in [0.25, 0.3) is 0 Å². The lowest BCUT2D eigenvalue weighted by Crippen LogP contribution is -2.40. The number of nitrogens with zero attached hydrogens (tertiary/aromatic N) is 1. The van der Waals surface area contributed by atoms with Crippen LogP contribution >= 0.6 is 0 Å². The van der Waals surface area contributed by atoms with Crippen LogP contribution in [0.1, 0.15) is 49.0 Å². The van der Waals surface area contributed by atoms with Crippen molar-refractivity contribution in [1.29, 1.82) is 0 Å². The summed E-state index contributed by atoms with van der Waals surface area (Å²) < 4.78 is 0. The first-order chi connectivity index (χ1) is 12.2. The van der Waals surface area contributed by atoms with E-state index < -0.39 is 6.10 Å². The van der Waals surface area contributed by atoms with Gasteiger partial charge < -0.3 is 15.7 Å². The summed E-state index contributed by atoms with van der Waals surface area (Å²) in [6, 6.07) is 13.3. The third-order valence-electron chi connectivity index (χ3n) is 4.85. The summed E-state index contributed by atoms with van der Waals surface area (Å²) in [6.07, 6.45) is 7.25. The molecule has 2 atom stereocenters. The second-order valence-electron chi connectivity index (χ2n) is 6.65. The molecule has 25 heavy (non-hydrogen) atoms. The minimum atomic E-state index is -0.740. The molecule has 2 aromatic rings. The Kier molecular flexibility index (Phi) is 6.01. The highest BCUT2D eigenvalue weighted by Crippen LogP contribution is 2.34. The van der Waals surface area contributed by atoms with Crippen molar-refractivity contribution >= 4 is 6.03 Å². The van der Waals surface area contributed by atoms with Crippen molar-refractivity contribution < 1.29 is 9.90 Å². The Hall–Kier alpha value is -2.40. The van der Waals surface area contributed by atoms with Crippen LogP contribution in [0, 0.1) is 5.92 Å². The molecule has 5 heteroatoms. The smallest absolute Gasteiger partial charge is 0.315 e.